The first-order valence-electron chi connectivity index (χ1n) is 16.1. The van der Waals surface area contributed by atoms with Gasteiger partial charge in [0.25, 0.3) is 15.9 Å². The fourth-order valence-corrected chi connectivity index (χ4v) is 6.20. The monoisotopic (exact) mass is 620 g/mol. The van der Waals surface area contributed by atoms with Gasteiger partial charge in [-0.2, -0.15) is 0 Å². The van der Waals surface area contributed by atoms with Gasteiger partial charge < -0.3 is 10.1 Å². The van der Waals surface area contributed by atoms with E-state index in [1.54, 1.807) is 36.4 Å². The molecule has 0 heterocycles. The molecule has 0 radical (unpaired) electrons. The summed E-state index contributed by atoms with van der Waals surface area (Å²) >= 11 is 0. The zero-order chi connectivity index (χ0) is 31.5. The van der Waals surface area contributed by atoms with E-state index >= 15 is 0 Å². The third-order valence-corrected chi connectivity index (χ3v) is 8.96. The Kier molecular flexibility index (Phi) is 15.5. The average Bonchev–Trinajstić information content (AvgIpc) is 3.03. The van der Waals surface area contributed by atoms with E-state index in [-0.39, 0.29) is 17.0 Å². The molecule has 2 N–H and O–H groups in total. The average molecular weight is 621 g/mol. The molecule has 0 aromatic heterocycles. The van der Waals surface area contributed by atoms with Crippen LogP contribution in [-0.2, 0) is 21.4 Å². The van der Waals surface area contributed by atoms with Crippen molar-refractivity contribution in [1.82, 2.24) is 4.72 Å². The summed E-state index contributed by atoms with van der Waals surface area (Å²) in [6.07, 6.45) is 15.6. The van der Waals surface area contributed by atoms with E-state index in [9.17, 15) is 18.0 Å². The standard InChI is InChI=1S/C36H48N2O5S/c1-2-3-4-5-6-7-8-9-10-11-12-13-17-27-35(39)38-44(41,42)34-26-19-18-25-33(34)37-36(40)31-23-20-24-32(28-31)43-29-30-21-15-14-16-22-30/h14-16,18-26,28H,2-13,17,27,29H2,1H3,(H,37,40)(H,38,39). The molecule has 44 heavy (non-hydrogen) atoms. The maximum atomic E-state index is 13.1. The molecule has 0 saturated heterocycles. The van der Waals surface area contributed by atoms with Gasteiger partial charge in [-0.1, -0.05) is 133 Å². The van der Waals surface area contributed by atoms with Crippen LogP contribution >= 0.6 is 0 Å². The lowest BCUT2D eigenvalue weighted by atomic mass is 10.0. The highest BCUT2D eigenvalue weighted by molar-refractivity contribution is 7.90. The van der Waals surface area contributed by atoms with Crippen LogP contribution in [0.25, 0.3) is 0 Å². The number of sulfonamides is 1. The number of nitrogens with one attached hydrogen (secondary N) is 2. The molecule has 0 saturated carbocycles. The highest BCUT2D eigenvalue weighted by Gasteiger charge is 2.22. The van der Waals surface area contributed by atoms with E-state index < -0.39 is 21.8 Å². The quantitative estimate of drug-likeness (QED) is 0.116. The number of para-hydroxylation sites is 1. The highest BCUT2D eigenvalue weighted by Crippen LogP contribution is 2.23. The first-order valence-corrected chi connectivity index (χ1v) is 17.6. The van der Waals surface area contributed by atoms with Crippen LogP contribution in [0.1, 0.15) is 113 Å². The van der Waals surface area contributed by atoms with Crippen molar-refractivity contribution < 1.29 is 22.7 Å². The minimum atomic E-state index is -4.17. The Labute approximate surface area is 263 Å². The van der Waals surface area contributed by atoms with E-state index in [2.05, 4.69) is 17.0 Å². The van der Waals surface area contributed by atoms with Gasteiger partial charge >= 0.3 is 0 Å². The molecule has 3 aromatic rings. The van der Waals surface area contributed by atoms with Gasteiger partial charge in [0.05, 0.1) is 5.69 Å². The number of carbonyl (C=O) groups excluding carboxylic acids is 2. The van der Waals surface area contributed by atoms with Crippen molar-refractivity contribution in [3.8, 4) is 5.75 Å². The van der Waals surface area contributed by atoms with Crippen LogP contribution in [0.2, 0.25) is 0 Å². The highest BCUT2D eigenvalue weighted by atomic mass is 32.2. The molecule has 0 aliphatic rings. The smallest absolute Gasteiger partial charge is 0.266 e. The van der Waals surface area contributed by atoms with Crippen molar-refractivity contribution >= 4 is 27.5 Å². The fraction of sp³-hybridized carbons (Fsp3) is 0.444. The Morgan fingerprint density at radius 3 is 1.93 bits per heavy atom. The number of anilines is 1. The predicted molar refractivity (Wildman–Crippen MR) is 177 cm³/mol. The molecule has 238 valence electrons. The second-order valence-electron chi connectivity index (χ2n) is 11.3. The largest absolute Gasteiger partial charge is 0.489 e. The van der Waals surface area contributed by atoms with Crippen LogP contribution in [0, 0.1) is 0 Å². The van der Waals surface area contributed by atoms with E-state index in [4.69, 9.17) is 4.74 Å². The molecular formula is C36H48N2O5S. The molecule has 3 rings (SSSR count). The van der Waals surface area contributed by atoms with Crippen molar-refractivity contribution in [3.63, 3.8) is 0 Å². The Balaban J connectivity index is 1.41. The van der Waals surface area contributed by atoms with Gasteiger partial charge in [-0.3, -0.25) is 9.59 Å². The molecule has 3 aromatic carbocycles. The van der Waals surface area contributed by atoms with Gasteiger partial charge in [0.1, 0.15) is 17.3 Å². The molecule has 7 nitrogen and oxygen atoms in total. The Morgan fingerprint density at radius 1 is 0.682 bits per heavy atom. The number of carbonyl (C=O) groups is 2. The summed E-state index contributed by atoms with van der Waals surface area (Å²) in [7, 11) is -4.17. The van der Waals surface area contributed by atoms with E-state index in [1.165, 1.54) is 69.9 Å². The Hall–Kier alpha value is -3.65. The zero-order valence-corrected chi connectivity index (χ0v) is 26.9. The number of hydrogen-bond acceptors (Lipinski definition) is 5. The van der Waals surface area contributed by atoms with Crippen molar-refractivity contribution in [1.29, 1.82) is 0 Å². The summed E-state index contributed by atoms with van der Waals surface area (Å²) < 4.78 is 34.2. The van der Waals surface area contributed by atoms with Crippen molar-refractivity contribution in [2.45, 2.75) is 108 Å². The van der Waals surface area contributed by atoms with E-state index in [0.29, 0.717) is 24.3 Å². The second-order valence-corrected chi connectivity index (χ2v) is 12.9. The lowest BCUT2D eigenvalue weighted by molar-refractivity contribution is -0.119. The predicted octanol–water partition coefficient (Wildman–Crippen LogP) is 8.80. The number of hydrogen-bond donors (Lipinski definition) is 2. The number of unbranched alkanes of at least 4 members (excludes halogenated alkanes) is 12. The van der Waals surface area contributed by atoms with Crippen LogP contribution in [0.5, 0.6) is 5.75 Å². The van der Waals surface area contributed by atoms with Gasteiger partial charge in [-0.15, -0.1) is 0 Å². The summed E-state index contributed by atoms with van der Waals surface area (Å²) in [5, 5.41) is 2.68. The van der Waals surface area contributed by atoms with Gasteiger partial charge in [0.2, 0.25) is 5.91 Å². The minimum absolute atomic E-state index is 0.0920. The van der Waals surface area contributed by atoms with E-state index in [0.717, 1.165) is 24.8 Å². The fourth-order valence-electron chi connectivity index (χ4n) is 5.03. The maximum absolute atomic E-state index is 13.1. The number of benzene rings is 3. The topological polar surface area (TPSA) is 102 Å². The molecule has 0 aliphatic heterocycles. The van der Waals surface area contributed by atoms with Crippen LogP contribution in [-0.4, -0.2) is 20.2 Å². The molecule has 0 aliphatic carbocycles. The Bertz CT molecular complexity index is 1390. The number of amides is 2. The summed E-state index contributed by atoms with van der Waals surface area (Å²) in [6.45, 7) is 2.59. The summed E-state index contributed by atoms with van der Waals surface area (Å²) in [5.74, 6) is -0.517. The minimum Gasteiger partial charge on any atom is -0.489 e. The van der Waals surface area contributed by atoms with Crippen molar-refractivity contribution in [2.75, 3.05) is 5.32 Å². The molecule has 0 spiro atoms. The molecule has 0 atom stereocenters. The molecule has 0 fully saturated rings. The first kappa shape index (κ1) is 34.8. The maximum Gasteiger partial charge on any atom is 0.266 e. The third kappa shape index (κ3) is 12.9. The van der Waals surface area contributed by atoms with E-state index in [1.807, 2.05) is 30.3 Å². The van der Waals surface area contributed by atoms with Gasteiger partial charge in [-0.25, -0.2) is 13.1 Å². The third-order valence-electron chi connectivity index (χ3n) is 7.52. The molecule has 0 bridgehead atoms. The molecular weight excluding hydrogens is 572 g/mol. The van der Waals surface area contributed by atoms with Crippen molar-refractivity contribution in [2.24, 2.45) is 0 Å². The van der Waals surface area contributed by atoms with Crippen LogP contribution < -0.4 is 14.8 Å². The number of rotatable bonds is 21. The van der Waals surface area contributed by atoms with Crippen LogP contribution in [0.3, 0.4) is 0 Å². The SMILES string of the molecule is CCCCCCCCCCCCCCCC(=O)NS(=O)(=O)c1ccccc1NC(=O)c1cccc(OCc2ccccc2)c1. The zero-order valence-electron chi connectivity index (χ0n) is 26.1. The van der Waals surface area contributed by atoms with Gasteiger partial charge in [0.15, 0.2) is 0 Å². The summed E-state index contributed by atoms with van der Waals surface area (Å²) in [5.41, 5.74) is 1.40. The lowest BCUT2D eigenvalue weighted by Gasteiger charge is -2.13. The second kappa shape index (κ2) is 19.6. The van der Waals surface area contributed by atoms with Crippen LogP contribution in [0.4, 0.5) is 5.69 Å². The Morgan fingerprint density at radius 2 is 1.27 bits per heavy atom. The molecule has 8 heteroatoms. The summed E-state index contributed by atoms with van der Waals surface area (Å²) in [4.78, 5) is 25.4. The first-order chi connectivity index (χ1) is 21.4. The lowest BCUT2D eigenvalue weighted by Crippen LogP contribution is -2.31. The van der Waals surface area contributed by atoms with Crippen molar-refractivity contribution in [3.05, 3.63) is 90.0 Å². The normalized spacial score (nSPS) is 11.2. The number of ether oxygens (including phenoxy) is 1. The van der Waals surface area contributed by atoms with Crippen LogP contribution in [0.15, 0.2) is 83.8 Å². The van der Waals surface area contributed by atoms with Gasteiger partial charge in [-0.05, 0) is 42.3 Å². The van der Waals surface area contributed by atoms with Gasteiger partial charge in [0, 0.05) is 12.0 Å². The summed E-state index contributed by atoms with van der Waals surface area (Å²) in [6, 6.07) is 22.4. The molecule has 2 amide bonds. The molecule has 0 unspecified atom stereocenters.